The highest BCUT2D eigenvalue weighted by Crippen LogP contribution is 2.37. The highest BCUT2D eigenvalue weighted by molar-refractivity contribution is 4.94. The Hall–Kier alpha value is -0.120. The summed E-state index contributed by atoms with van der Waals surface area (Å²) in [6.07, 6.45) is 5.16. The monoisotopic (exact) mass is 224 g/mol. The molecule has 3 heteroatoms. The van der Waals surface area contributed by atoms with Crippen molar-refractivity contribution in [1.29, 1.82) is 0 Å². The number of nitrogens with two attached hydrogens (primary N) is 1. The lowest BCUT2D eigenvalue weighted by molar-refractivity contribution is 0.0407. The fourth-order valence-corrected chi connectivity index (χ4v) is 3.91. The number of nitrogens with zero attached hydrogens (tertiary/aromatic N) is 1. The third kappa shape index (κ3) is 2.27. The van der Waals surface area contributed by atoms with Gasteiger partial charge in [0.2, 0.25) is 0 Å². The SMILES string of the molecule is N[C@H]1CC2CN(CC3CCCOC3)C[C@@H]2C1. The van der Waals surface area contributed by atoms with Crippen LogP contribution in [0.5, 0.6) is 0 Å². The van der Waals surface area contributed by atoms with Gasteiger partial charge in [-0.2, -0.15) is 0 Å². The standard InChI is InChI=1S/C13H24N2O/c14-13-4-11-7-15(8-12(11)5-13)6-10-2-1-3-16-9-10/h10-13H,1-9,14H2/t10?,11-,12?,13+/m0/s1. The molecule has 2 heterocycles. The summed E-state index contributed by atoms with van der Waals surface area (Å²) in [6.45, 7) is 5.84. The van der Waals surface area contributed by atoms with E-state index in [-0.39, 0.29) is 0 Å². The van der Waals surface area contributed by atoms with Crippen molar-refractivity contribution in [2.75, 3.05) is 32.8 Å². The maximum atomic E-state index is 6.02. The van der Waals surface area contributed by atoms with Crippen molar-refractivity contribution in [3.05, 3.63) is 0 Å². The lowest BCUT2D eigenvalue weighted by Gasteiger charge is -2.27. The normalized spacial score (nSPS) is 44.8. The van der Waals surface area contributed by atoms with E-state index in [1.807, 2.05) is 0 Å². The molecule has 92 valence electrons. The predicted octanol–water partition coefficient (Wildman–Crippen LogP) is 1.08. The molecule has 2 unspecified atom stereocenters. The number of ether oxygens (including phenoxy) is 1. The van der Waals surface area contributed by atoms with Crippen LogP contribution in [0.2, 0.25) is 0 Å². The summed E-state index contributed by atoms with van der Waals surface area (Å²) in [7, 11) is 0. The van der Waals surface area contributed by atoms with Crippen LogP contribution in [0.25, 0.3) is 0 Å². The van der Waals surface area contributed by atoms with E-state index in [9.17, 15) is 0 Å². The Bertz CT molecular complexity index is 226. The van der Waals surface area contributed by atoms with E-state index < -0.39 is 0 Å². The van der Waals surface area contributed by atoms with Crippen molar-refractivity contribution in [1.82, 2.24) is 4.90 Å². The van der Waals surface area contributed by atoms with E-state index in [4.69, 9.17) is 10.5 Å². The van der Waals surface area contributed by atoms with Gasteiger partial charge in [-0.3, -0.25) is 0 Å². The molecule has 2 aliphatic heterocycles. The van der Waals surface area contributed by atoms with Crippen LogP contribution in [-0.4, -0.2) is 43.8 Å². The Morgan fingerprint density at radius 2 is 1.94 bits per heavy atom. The van der Waals surface area contributed by atoms with Crippen molar-refractivity contribution < 1.29 is 4.74 Å². The average molecular weight is 224 g/mol. The van der Waals surface area contributed by atoms with Gasteiger partial charge in [-0.1, -0.05) is 0 Å². The van der Waals surface area contributed by atoms with E-state index >= 15 is 0 Å². The highest BCUT2D eigenvalue weighted by Gasteiger charge is 2.39. The Kier molecular flexibility index (Phi) is 3.18. The summed E-state index contributed by atoms with van der Waals surface area (Å²) in [5.41, 5.74) is 6.02. The summed E-state index contributed by atoms with van der Waals surface area (Å²) >= 11 is 0. The number of hydrogen-bond donors (Lipinski definition) is 1. The fourth-order valence-electron chi connectivity index (χ4n) is 3.91. The van der Waals surface area contributed by atoms with Crippen molar-refractivity contribution in [2.45, 2.75) is 31.7 Å². The molecule has 4 atom stereocenters. The van der Waals surface area contributed by atoms with Gasteiger partial charge in [-0.25, -0.2) is 0 Å². The summed E-state index contributed by atoms with van der Waals surface area (Å²) in [4.78, 5) is 2.67. The molecule has 3 rings (SSSR count). The Labute approximate surface area is 98.3 Å². The van der Waals surface area contributed by atoms with E-state index in [0.717, 1.165) is 31.0 Å². The molecule has 3 nitrogen and oxygen atoms in total. The second-order valence-electron chi connectivity index (χ2n) is 6.05. The Morgan fingerprint density at radius 1 is 1.19 bits per heavy atom. The minimum absolute atomic E-state index is 0.496. The van der Waals surface area contributed by atoms with Crippen molar-refractivity contribution >= 4 is 0 Å². The number of rotatable bonds is 2. The van der Waals surface area contributed by atoms with Crippen LogP contribution in [0.4, 0.5) is 0 Å². The van der Waals surface area contributed by atoms with Crippen LogP contribution in [0, 0.1) is 17.8 Å². The molecule has 0 aromatic rings. The second-order valence-corrected chi connectivity index (χ2v) is 6.05. The van der Waals surface area contributed by atoms with Crippen LogP contribution >= 0.6 is 0 Å². The van der Waals surface area contributed by atoms with Gasteiger partial charge in [0.15, 0.2) is 0 Å². The van der Waals surface area contributed by atoms with Gasteiger partial charge in [0.25, 0.3) is 0 Å². The van der Waals surface area contributed by atoms with E-state index in [0.29, 0.717) is 6.04 Å². The molecule has 0 spiro atoms. The first-order valence-corrected chi connectivity index (χ1v) is 6.87. The minimum atomic E-state index is 0.496. The van der Waals surface area contributed by atoms with Gasteiger partial charge in [0.05, 0.1) is 6.61 Å². The van der Waals surface area contributed by atoms with Crippen LogP contribution in [-0.2, 0) is 4.74 Å². The molecule has 0 aromatic heterocycles. The maximum absolute atomic E-state index is 6.02. The number of likely N-dealkylation sites (tertiary alicyclic amines) is 1. The zero-order valence-electron chi connectivity index (χ0n) is 10.1. The molecule has 1 saturated carbocycles. The minimum Gasteiger partial charge on any atom is -0.381 e. The molecule has 16 heavy (non-hydrogen) atoms. The zero-order chi connectivity index (χ0) is 11.0. The first kappa shape index (κ1) is 11.0. The Morgan fingerprint density at radius 3 is 2.56 bits per heavy atom. The van der Waals surface area contributed by atoms with Crippen LogP contribution in [0.1, 0.15) is 25.7 Å². The van der Waals surface area contributed by atoms with Gasteiger partial charge in [-0.15, -0.1) is 0 Å². The lowest BCUT2D eigenvalue weighted by atomic mass is 10.0. The molecule has 1 aliphatic carbocycles. The predicted molar refractivity (Wildman–Crippen MR) is 64.2 cm³/mol. The molecule has 0 radical (unpaired) electrons. The van der Waals surface area contributed by atoms with E-state index in [2.05, 4.69) is 4.90 Å². The quantitative estimate of drug-likeness (QED) is 0.763. The first-order valence-electron chi connectivity index (χ1n) is 6.87. The maximum Gasteiger partial charge on any atom is 0.0506 e. The van der Waals surface area contributed by atoms with Gasteiger partial charge >= 0.3 is 0 Å². The largest absolute Gasteiger partial charge is 0.381 e. The van der Waals surface area contributed by atoms with Crippen LogP contribution < -0.4 is 5.73 Å². The van der Waals surface area contributed by atoms with Gasteiger partial charge in [-0.05, 0) is 43.4 Å². The molecule has 2 saturated heterocycles. The fraction of sp³-hybridized carbons (Fsp3) is 1.00. The van der Waals surface area contributed by atoms with E-state index in [1.54, 1.807) is 0 Å². The molecule has 0 bridgehead atoms. The molecular formula is C13H24N2O. The smallest absolute Gasteiger partial charge is 0.0506 e. The summed E-state index contributed by atoms with van der Waals surface area (Å²) in [6, 6.07) is 0.496. The molecule has 3 aliphatic rings. The van der Waals surface area contributed by atoms with Crippen molar-refractivity contribution in [3.63, 3.8) is 0 Å². The Balaban J connectivity index is 1.47. The molecule has 3 fully saturated rings. The van der Waals surface area contributed by atoms with Crippen molar-refractivity contribution in [3.8, 4) is 0 Å². The number of hydrogen-bond acceptors (Lipinski definition) is 3. The van der Waals surface area contributed by atoms with Gasteiger partial charge in [0, 0.05) is 32.3 Å². The third-order valence-corrected chi connectivity index (χ3v) is 4.63. The first-order chi connectivity index (χ1) is 7.81. The number of fused-ring (bicyclic) bond motifs is 1. The highest BCUT2D eigenvalue weighted by atomic mass is 16.5. The average Bonchev–Trinajstić information content (AvgIpc) is 2.76. The second kappa shape index (κ2) is 4.63. The van der Waals surface area contributed by atoms with Crippen molar-refractivity contribution in [2.24, 2.45) is 23.5 Å². The van der Waals surface area contributed by atoms with Crippen LogP contribution in [0.15, 0.2) is 0 Å². The topological polar surface area (TPSA) is 38.5 Å². The third-order valence-electron chi connectivity index (χ3n) is 4.63. The molecule has 0 amide bonds. The zero-order valence-corrected chi connectivity index (χ0v) is 10.1. The molecular weight excluding hydrogens is 200 g/mol. The van der Waals surface area contributed by atoms with Gasteiger partial charge < -0.3 is 15.4 Å². The van der Waals surface area contributed by atoms with E-state index in [1.165, 1.54) is 45.3 Å². The lowest BCUT2D eigenvalue weighted by Crippen LogP contribution is -2.33. The summed E-state index contributed by atoms with van der Waals surface area (Å²) < 4.78 is 5.56. The summed E-state index contributed by atoms with van der Waals surface area (Å²) in [5.74, 6) is 2.60. The van der Waals surface area contributed by atoms with Gasteiger partial charge in [0.1, 0.15) is 0 Å². The summed E-state index contributed by atoms with van der Waals surface area (Å²) in [5, 5.41) is 0. The molecule has 0 aromatic carbocycles. The van der Waals surface area contributed by atoms with Crippen LogP contribution in [0.3, 0.4) is 0 Å². The molecule has 2 N–H and O–H groups in total.